The Balaban J connectivity index is 1.79. The van der Waals surface area contributed by atoms with Crippen molar-refractivity contribution in [1.29, 1.82) is 0 Å². The second-order valence-corrected chi connectivity index (χ2v) is 4.82. The van der Waals surface area contributed by atoms with E-state index in [4.69, 9.17) is 21.4 Å². The summed E-state index contributed by atoms with van der Waals surface area (Å²) in [6.07, 6.45) is 1.65. The van der Waals surface area contributed by atoms with Gasteiger partial charge in [0.2, 0.25) is 0 Å². The van der Waals surface area contributed by atoms with Crippen LogP contribution >= 0.6 is 12.2 Å². The maximum absolute atomic E-state index is 5.32. The highest BCUT2D eigenvalue weighted by Gasteiger charge is 2.08. The monoisotopic (exact) mass is 290 g/mol. The summed E-state index contributed by atoms with van der Waals surface area (Å²) < 4.78 is 10.4. The molecule has 1 aromatic heterocycles. The number of nitrogens with one attached hydrogen (secondary N) is 2. The predicted molar refractivity (Wildman–Crippen MR) is 82.7 cm³/mol. The Hall–Kier alpha value is -2.01. The molecule has 2 rings (SSSR count). The summed E-state index contributed by atoms with van der Waals surface area (Å²) in [7, 11) is 1.66. The zero-order valence-electron chi connectivity index (χ0n) is 11.6. The molecule has 0 unspecified atom stereocenters. The number of hydrogen-bond acceptors (Lipinski definition) is 3. The van der Waals surface area contributed by atoms with Gasteiger partial charge < -0.3 is 19.8 Å². The summed E-state index contributed by atoms with van der Waals surface area (Å²) in [5.41, 5.74) is 1.14. The van der Waals surface area contributed by atoms with Crippen molar-refractivity contribution in [1.82, 2.24) is 10.6 Å². The van der Waals surface area contributed by atoms with Gasteiger partial charge in [-0.2, -0.15) is 0 Å². The van der Waals surface area contributed by atoms with Gasteiger partial charge in [-0.15, -0.1) is 0 Å². The standard InChI is InChI=1S/C15H18N2O2S/c1-11(14-4-3-9-19-14)17-15(20)16-10-12-5-7-13(18-2)8-6-12/h3-9,11H,10H2,1-2H3,(H2,16,17,20)/t11-/m1/s1. The van der Waals surface area contributed by atoms with Gasteiger partial charge in [-0.3, -0.25) is 0 Å². The maximum atomic E-state index is 5.32. The van der Waals surface area contributed by atoms with Crippen molar-refractivity contribution in [2.45, 2.75) is 19.5 Å². The van der Waals surface area contributed by atoms with Crippen molar-refractivity contribution in [3.8, 4) is 5.75 Å². The van der Waals surface area contributed by atoms with Crippen molar-refractivity contribution in [2.75, 3.05) is 7.11 Å². The topological polar surface area (TPSA) is 46.4 Å². The van der Waals surface area contributed by atoms with E-state index < -0.39 is 0 Å². The number of thiocarbonyl (C=S) groups is 1. The molecule has 20 heavy (non-hydrogen) atoms. The van der Waals surface area contributed by atoms with Crippen LogP contribution in [0.5, 0.6) is 5.75 Å². The summed E-state index contributed by atoms with van der Waals surface area (Å²) in [6, 6.07) is 11.7. The Bertz CT molecular complexity index is 538. The summed E-state index contributed by atoms with van der Waals surface area (Å²) in [5, 5.41) is 6.95. The highest BCUT2D eigenvalue weighted by Crippen LogP contribution is 2.12. The molecular weight excluding hydrogens is 272 g/mol. The molecule has 0 saturated carbocycles. The van der Waals surface area contributed by atoms with Crippen LogP contribution in [0.3, 0.4) is 0 Å². The molecule has 0 bridgehead atoms. The molecule has 0 amide bonds. The van der Waals surface area contributed by atoms with Crippen molar-refractivity contribution in [3.05, 3.63) is 54.0 Å². The second-order valence-electron chi connectivity index (χ2n) is 4.41. The van der Waals surface area contributed by atoms with Gasteiger partial charge in [0.05, 0.1) is 19.4 Å². The lowest BCUT2D eigenvalue weighted by Crippen LogP contribution is -2.36. The van der Waals surface area contributed by atoms with E-state index >= 15 is 0 Å². The molecule has 0 saturated heterocycles. The second kappa shape index (κ2) is 6.96. The van der Waals surface area contributed by atoms with Gasteiger partial charge in [-0.1, -0.05) is 12.1 Å². The van der Waals surface area contributed by atoms with Gasteiger partial charge in [0, 0.05) is 6.54 Å². The fraction of sp³-hybridized carbons (Fsp3) is 0.267. The predicted octanol–water partition coefficient (Wildman–Crippen LogP) is 3.01. The van der Waals surface area contributed by atoms with Crippen LogP contribution in [0.4, 0.5) is 0 Å². The Labute approximate surface area is 124 Å². The van der Waals surface area contributed by atoms with E-state index in [1.807, 2.05) is 43.3 Å². The van der Waals surface area contributed by atoms with Gasteiger partial charge >= 0.3 is 0 Å². The lowest BCUT2D eigenvalue weighted by Gasteiger charge is -2.15. The quantitative estimate of drug-likeness (QED) is 0.829. The minimum absolute atomic E-state index is 0.0425. The fourth-order valence-corrected chi connectivity index (χ4v) is 2.03. The molecule has 2 N–H and O–H groups in total. The number of furan rings is 1. The molecule has 0 aliphatic rings. The molecule has 4 nitrogen and oxygen atoms in total. The molecule has 106 valence electrons. The SMILES string of the molecule is COc1ccc(CNC(=S)N[C@H](C)c2ccco2)cc1. The van der Waals surface area contributed by atoms with Crippen molar-refractivity contribution in [3.63, 3.8) is 0 Å². The summed E-state index contributed by atoms with van der Waals surface area (Å²) in [5.74, 6) is 1.71. The first kappa shape index (κ1) is 14.4. The molecule has 5 heteroatoms. The van der Waals surface area contributed by atoms with E-state index in [1.54, 1.807) is 13.4 Å². The van der Waals surface area contributed by atoms with E-state index in [-0.39, 0.29) is 6.04 Å². The first-order valence-electron chi connectivity index (χ1n) is 6.39. The van der Waals surface area contributed by atoms with Gasteiger partial charge in [0.25, 0.3) is 0 Å². The Morgan fingerprint density at radius 2 is 2.05 bits per heavy atom. The third-order valence-corrected chi connectivity index (χ3v) is 3.19. The van der Waals surface area contributed by atoms with Crippen LogP contribution < -0.4 is 15.4 Å². The van der Waals surface area contributed by atoms with Crippen molar-refractivity contribution >= 4 is 17.3 Å². The van der Waals surface area contributed by atoms with Crippen LogP contribution in [0, 0.1) is 0 Å². The van der Waals surface area contributed by atoms with Gasteiger partial charge in [-0.25, -0.2) is 0 Å². The van der Waals surface area contributed by atoms with E-state index in [0.717, 1.165) is 17.1 Å². The number of rotatable bonds is 5. The number of methoxy groups -OCH3 is 1. The lowest BCUT2D eigenvalue weighted by atomic mass is 10.2. The summed E-state index contributed by atoms with van der Waals surface area (Å²) >= 11 is 5.26. The Kier molecular flexibility index (Phi) is 5.01. The molecule has 2 aromatic rings. The first-order chi connectivity index (χ1) is 9.69. The molecule has 0 fully saturated rings. The molecule has 1 atom stereocenters. The van der Waals surface area contributed by atoms with Crippen LogP contribution in [0.15, 0.2) is 47.1 Å². The fourth-order valence-electron chi connectivity index (χ4n) is 1.78. The van der Waals surface area contributed by atoms with Crippen LogP contribution in [0.1, 0.15) is 24.3 Å². The normalized spacial score (nSPS) is 11.7. The van der Waals surface area contributed by atoms with Gasteiger partial charge in [0.15, 0.2) is 5.11 Å². The van der Waals surface area contributed by atoms with Crippen LogP contribution in [-0.4, -0.2) is 12.2 Å². The maximum Gasteiger partial charge on any atom is 0.167 e. The summed E-state index contributed by atoms with van der Waals surface area (Å²) in [4.78, 5) is 0. The largest absolute Gasteiger partial charge is 0.497 e. The number of ether oxygens (including phenoxy) is 1. The highest BCUT2D eigenvalue weighted by molar-refractivity contribution is 7.80. The zero-order valence-corrected chi connectivity index (χ0v) is 12.4. The average Bonchev–Trinajstić information content (AvgIpc) is 3.00. The van der Waals surface area contributed by atoms with Crippen LogP contribution in [0.25, 0.3) is 0 Å². The molecule has 0 aliphatic carbocycles. The third-order valence-electron chi connectivity index (χ3n) is 2.93. The molecule has 0 radical (unpaired) electrons. The number of benzene rings is 1. The highest BCUT2D eigenvalue weighted by atomic mass is 32.1. The van der Waals surface area contributed by atoms with Gasteiger partial charge in [-0.05, 0) is 49.0 Å². The minimum atomic E-state index is 0.0425. The molecule has 1 aromatic carbocycles. The zero-order chi connectivity index (χ0) is 14.4. The van der Waals surface area contributed by atoms with E-state index in [2.05, 4.69) is 10.6 Å². The molecule has 0 aliphatic heterocycles. The van der Waals surface area contributed by atoms with E-state index in [0.29, 0.717) is 11.7 Å². The van der Waals surface area contributed by atoms with E-state index in [1.165, 1.54) is 0 Å². The van der Waals surface area contributed by atoms with E-state index in [9.17, 15) is 0 Å². The van der Waals surface area contributed by atoms with Crippen LogP contribution in [-0.2, 0) is 6.54 Å². The third kappa shape index (κ3) is 3.99. The van der Waals surface area contributed by atoms with Crippen LogP contribution in [0.2, 0.25) is 0 Å². The summed E-state index contributed by atoms with van der Waals surface area (Å²) in [6.45, 7) is 2.67. The minimum Gasteiger partial charge on any atom is -0.497 e. The Morgan fingerprint density at radius 1 is 1.30 bits per heavy atom. The average molecular weight is 290 g/mol. The first-order valence-corrected chi connectivity index (χ1v) is 6.80. The van der Waals surface area contributed by atoms with Crippen molar-refractivity contribution in [2.24, 2.45) is 0 Å². The number of hydrogen-bond donors (Lipinski definition) is 2. The lowest BCUT2D eigenvalue weighted by molar-refractivity contribution is 0.414. The van der Waals surface area contributed by atoms with Gasteiger partial charge in [0.1, 0.15) is 11.5 Å². The smallest absolute Gasteiger partial charge is 0.167 e. The molecule has 1 heterocycles. The van der Waals surface area contributed by atoms with Crippen molar-refractivity contribution < 1.29 is 9.15 Å². The molecular formula is C15H18N2O2S. The molecule has 0 spiro atoms. The Morgan fingerprint density at radius 3 is 2.65 bits per heavy atom.